The first-order valence-electron chi connectivity index (χ1n) is 13.9. The van der Waals surface area contributed by atoms with Crippen molar-refractivity contribution in [2.24, 2.45) is 5.92 Å². The molecule has 1 fully saturated rings. The van der Waals surface area contributed by atoms with E-state index in [0.717, 1.165) is 41.6 Å². The molecule has 2 aliphatic rings. The number of ether oxygens (including phenoxy) is 3. The summed E-state index contributed by atoms with van der Waals surface area (Å²) in [7, 11) is 1.35. The Hall–Kier alpha value is -4.53. The van der Waals surface area contributed by atoms with Crippen molar-refractivity contribution in [1.82, 2.24) is 10.2 Å². The van der Waals surface area contributed by atoms with Crippen molar-refractivity contribution in [3.05, 3.63) is 101 Å². The van der Waals surface area contributed by atoms with Crippen LogP contribution in [0.4, 0.5) is 15.3 Å². The average molecular weight is 558 g/mol. The van der Waals surface area contributed by atoms with E-state index in [1.807, 2.05) is 72.8 Å². The van der Waals surface area contributed by atoms with Crippen molar-refractivity contribution in [3.8, 4) is 0 Å². The Labute approximate surface area is 239 Å². The number of likely N-dealkylation sites (tertiary alicyclic amines) is 1. The fraction of sp³-hybridized carbons (Fsp3) is 0.344. The van der Waals surface area contributed by atoms with Crippen LogP contribution in [0.1, 0.15) is 52.4 Å². The number of hydrogen-bond acceptors (Lipinski definition) is 7. The van der Waals surface area contributed by atoms with Crippen LogP contribution in [0.2, 0.25) is 0 Å². The van der Waals surface area contributed by atoms with Crippen molar-refractivity contribution < 1.29 is 28.6 Å². The zero-order chi connectivity index (χ0) is 28.6. The summed E-state index contributed by atoms with van der Waals surface area (Å²) in [4.78, 5) is 39.5. The fourth-order valence-corrected chi connectivity index (χ4v) is 5.71. The molecule has 0 aromatic heterocycles. The summed E-state index contributed by atoms with van der Waals surface area (Å²) in [6, 6.07) is 24.4. The number of esters is 1. The lowest BCUT2D eigenvalue weighted by Crippen LogP contribution is -2.41. The van der Waals surface area contributed by atoms with Crippen LogP contribution in [0.25, 0.3) is 0 Å². The predicted molar refractivity (Wildman–Crippen MR) is 153 cm³/mol. The van der Waals surface area contributed by atoms with Gasteiger partial charge in [0.25, 0.3) is 0 Å². The van der Waals surface area contributed by atoms with E-state index in [1.165, 1.54) is 7.11 Å². The highest BCUT2D eigenvalue weighted by atomic mass is 16.6. The molecule has 0 aliphatic carbocycles. The Kier molecular flexibility index (Phi) is 9.03. The molecule has 0 spiro atoms. The minimum absolute atomic E-state index is 0.0746. The second kappa shape index (κ2) is 13.2. The van der Waals surface area contributed by atoms with E-state index in [4.69, 9.17) is 14.2 Å². The molecule has 2 aliphatic heterocycles. The molecule has 5 rings (SSSR count). The van der Waals surface area contributed by atoms with E-state index in [9.17, 15) is 14.4 Å². The molecule has 2 amide bonds. The van der Waals surface area contributed by atoms with Gasteiger partial charge in [-0.3, -0.25) is 0 Å². The quantitative estimate of drug-likeness (QED) is 0.198. The Balaban J connectivity index is 1.23. The lowest BCUT2D eigenvalue weighted by atomic mass is 9.80. The van der Waals surface area contributed by atoms with E-state index < -0.39 is 12.1 Å². The van der Waals surface area contributed by atoms with Crippen molar-refractivity contribution >= 4 is 23.8 Å². The van der Waals surface area contributed by atoms with Crippen LogP contribution >= 0.6 is 0 Å². The van der Waals surface area contributed by atoms with E-state index >= 15 is 0 Å². The van der Waals surface area contributed by atoms with E-state index in [1.54, 1.807) is 11.0 Å². The van der Waals surface area contributed by atoms with Crippen LogP contribution in [0.3, 0.4) is 0 Å². The number of nitrogens with one attached hydrogen (secondary N) is 2. The van der Waals surface area contributed by atoms with Gasteiger partial charge >= 0.3 is 18.2 Å². The largest absolute Gasteiger partial charge is 0.465 e. The standard InChI is InChI=1S/C32H35N3O6/c1-39-30(36)24-14-15-28-26(19-24)29-25(16-18-35(29)32(38)41-21-23-11-6-3-7-12-23)27(34-28)13-8-17-33-31(37)40-20-22-9-4-2-5-10-22/h2-7,9-12,14-15,19,25,27,29,34H,8,13,16-18,20-21H2,1H3,(H,33,37)/t25-,27-,29-/m0/s1. The van der Waals surface area contributed by atoms with Crippen LogP contribution in [0.5, 0.6) is 0 Å². The molecule has 1 saturated heterocycles. The minimum atomic E-state index is -0.447. The first-order chi connectivity index (χ1) is 20.0. The molecule has 2 N–H and O–H groups in total. The Morgan fingerprint density at radius 1 is 0.927 bits per heavy atom. The van der Waals surface area contributed by atoms with Gasteiger partial charge in [0.2, 0.25) is 0 Å². The van der Waals surface area contributed by atoms with Gasteiger partial charge in [0.05, 0.1) is 18.7 Å². The van der Waals surface area contributed by atoms with Gasteiger partial charge in [-0.05, 0) is 54.2 Å². The summed E-state index contributed by atoms with van der Waals surface area (Å²) in [5.41, 5.74) is 4.05. The van der Waals surface area contributed by atoms with Crippen LogP contribution in [0, 0.1) is 5.92 Å². The number of alkyl carbamates (subject to hydrolysis) is 1. The van der Waals surface area contributed by atoms with Gasteiger partial charge in [-0.2, -0.15) is 0 Å². The third-order valence-corrected chi connectivity index (χ3v) is 7.71. The second-order valence-electron chi connectivity index (χ2n) is 10.3. The zero-order valence-corrected chi connectivity index (χ0v) is 23.1. The molecule has 9 nitrogen and oxygen atoms in total. The maximum atomic E-state index is 13.3. The topological polar surface area (TPSA) is 106 Å². The van der Waals surface area contributed by atoms with Gasteiger partial charge < -0.3 is 29.7 Å². The molecule has 0 saturated carbocycles. The van der Waals surface area contributed by atoms with Crippen LogP contribution in [-0.4, -0.2) is 49.3 Å². The van der Waals surface area contributed by atoms with Gasteiger partial charge in [0.1, 0.15) is 13.2 Å². The highest BCUT2D eigenvalue weighted by Gasteiger charge is 2.46. The van der Waals surface area contributed by atoms with Crippen LogP contribution < -0.4 is 10.6 Å². The smallest absolute Gasteiger partial charge is 0.410 e. The molecule has 0 bridgehead atoms. The summed E-state index contributed by atoms with van der Waals surface area (Å²) in [5, 5.41) is 6.46. The predicted octanol–water partition coefficient (Wildman–Crippen LogP) is 5.67. The first-order valence-corrected chi connectivity index (χ1v) is 13.9. The monoisotopic (exact) mass is 557 g/mol. The first kappa shape index (κ1) is 28.0. The lowest BCUT2D eigenvalue weighted by molar-refractivity contribution is 0.0600. The molecular weight excluding hydrogens is 522 g/mol. The number of rotatable bonds is 9. The molecule has 3 aromatic rings. The minimum Gasteiger partial charge on any atom is -0.465 e. The third kappa shape index (κ3) is 6.80. The second-order valence-corrected chi connectivity index (χ2v) is 10.3. The molecule has 9 heteroatoms. The molecule has 0 radical (unpaired) electrons. The van der Waals surface area contributed by atoms with E-state index in [0.29, 0.717) is 18.7 Å². The van der Waals surface area contributed by atoms with Gasteiger partial charge in [0.15, 0.2) is 0 Å². The fourth-order valence-electron chi connectivity index (χ4n) is 5.71. The van der Waals surface area contributed by atoms with Gasteiger partial charge in [0, 0.05) is 30.7 Å². The highest BCUT2D eigenvalue weighted by molar-refractivity contribution is 5.90. The van der Waals surface area contributed by atoms with Gasteiger partial charge in [-0.25, -0.2) is 14.4 Å². The van der Waals surface area contributed by atoms with Gasteiger partial charge in [-0.15, -0.1) is 0 Å². The summed E-state index contributed by atoms with van der Waals surface area (Å²) < 4.78 is 16.0. The van der Waals surface area contributed by atoms with Crippen molar-refractivity contribution in [2.45, 2.75) is 44.6 Å². The third-order valence-electron chi connectivity index (χ3n) is 7.71. The molecule has 3 aromatic carbocycles. The number of benzene rings is 3. The maximum Gasteiger partial charge on any atom is 0.410 e. The van der Waals surface area contributed by atoms with Crippen LogP contribution in [-0.2, 0) is 27.4 Å². The molecule has 41 heavy (non-hydrogen) atoms. The Morgan fingerprint density at radius 2 is 1.61 bits per heavy atom. The number of nitrogens with zero attached hydrogens (tertiary/aromatic N) is 1. The normalized spacial score (nSPS) is 18.9. The van der Waals surface area contributed by atoms with Crippen molar-refractivity contribution in [1.29, 1.82) is 0 Å². The van der Waals surface area contributed by atoms with Crippen molar-refractivity contribution in [2.75, 3.05) is 25.5 Å². The number of hydrogen-bond donors (Lipinski definition) is 2. The average Bonchev–Trinajstić information content (AvgIpc) is 3.47. The summed E-state index contributed by atoms with van der Waals surface area (Å²) >= 11 is 0. The Morgan fingerprint density at radius 3 is 2.29 bits per heavy atom. The highest BCUT2D eigenvalue weighted by Crippen LogP contribution is 2.47. The lowest BCUT2D eigenvalue weighted by Gasteiger charge is -2.39. The zero-order valence-electron chi connectivity index (χ0n) is 23.1. The molecule has 214 valence electrons. The number of methoxy groups -OCH3 is 1. The number of amides is 2. The molecule has 3 atom stereocenters. The number of carbonyl (C=O) groups excluding carboxylic acids is 3. The Bertz CT molecular complexity index is 1350. The van der Waals surface area contributed by atoms with Crippen LogP contribution in [0.15, 0.2) is 78.9 Å². The number of anilines is 1. The molecule has 0 unspecified atom stereocenters. The molecular formula is C32H35N3O6. The van der Waals surface area contributed by atoms with Gasteiger partial charge in [-0.1, -0.05) is 60.7 Å². The van der Waals surface area contributed by atoms with E-state index in [-0.39, 0.29) is 37.3 Å². The number of fused-ring (bicyclic) bond motifs is 3. The summed E-state index contributed by atoms with van der Waals surface area (Å²) in [6.45, 7) is 1.44. The summed E-state index contributed by atoms with van der Waals surface area (Å²) in [5.74, 6) is -0.308. The summed E-state index contributed by atoms with van der Waals surface area (Å²) in [6.07, 6.45) is 1.48. The maximum absolute atomic E-state index is 13.3. The SMILES string of the molecule is COC(=O)c1ccc2c(c1)[C@@H]1[C@@H](CCN1C(=O)OCc1ccccc1)[C@H](CCCNC(=O)OCc1ccccc1)N2. The van der Waals surface area contributed by atoms with E-state index in [2.05, 4.69) is 10.6 Å². The van der Waals surface area contributed by atoms with Crippen molar-refractivity contribution in [3.63, 3.8) is 0 Å². The number of carbonyl (C=O) groups is 3. The molecule has 2 heterocycles.